The second-order valence-electron chi connectivity index (χ2n) is 5.81. The van der Waals surface area contributed by atoms with Crippen molar-refractivity contribution < 1.29 is 4.74 Å². The van der Waals surface area contributed by atoms with Crippen molar-refractivity contribution in [1.82, 2.24) is 4.90 Å². The highest BCUT2D eigenvalue weighted by molar-refractivity contribution is 4.86. The van der Waals surface area contributed by atoms with Crippen LogP contribution in [0.15, 0.2) is 0 Å². The molecule has 3 heteroatoms. The van der Waals surface area contributed by atoms with E-state index in [2.05, 4.69) is 25.7 Å². The van der Waals surface area contributed by atoms with Crippen LogP contribution in [0.3, 0.4) is 0 Å². The molecule has 1 fully saturated rings. The van der Waals surface area contributed by atoms with Crippen molar-refractivity contribution in [2.75, 3.05) is 33.4 Å². The van der Waals surface area contributed by atoms with Crippen molar-refractivity contribution in [2.45, 2.75) is 39.7 Å². The molecule has 0 aromatic heterocycles. The first-order chi connectivity index (χ1) is 8.10. The Morgan fingerprint density at radius 2 is 1.94 bits per heavy atom. The molecule has 2 unspecified atom stereocenters. The molecule has 2 atom stereocenters. The van der Waals surface area contributed by atoms with Gasteiger partial charge in [0.1, 0.15) is 0 Å². The van der Waals surface area contributed by atoms with E-state index in [4.69, 9.17) is 10.5 Å². The predicted molar refractivity (Wildman–Crippen MR) is 73.0 cm³/mol. The molecule has 0 saturated heterocycles. The lowest BCUT2D eigenvalue weighted by Gasteiger charge is -2.33. The van der Waals surface area contributed by atoms with Crippen LogP contribution in [0.25, 0.3) is 0 Å². The Labute approximate surface area is 107 Å². The molecule has 1 aliphatic carbocycles. The van der Waals surface area contributed by atoms with Crippen LogP contribution in [0.1, 0.15) is 33.6 Å². The summed E-state index contributed by atoms with van der Waals surface area (Å²) in [7, 11) is 1.78. The fraction of sp³-hybridized carbons (Fsp3) is 1.00. The third kappa shape index (κ3) is 4.94. The fourth-order valence-corrected chi connectivity index (χ4v) is 2.41. The molecule has 2 N–H and O–H groups in total. The maximum Gasteiger partial charge on any atom is 0.0589 e. The topological polar surface area (TPSA) is 38.5 Å². The van der Waals surface area contributed by atoms with E-state index in [0.717, 1.165) is 32.2 Å². The maximum atomic E-state index is 5.88. The van der Waals surface area contributed by atoms with Crippen LogP contribution in [0.2, 0.25) is 0 Å². The van der Waals surface area contributed by atoms with Gasteiger partial charge in [0.2, 0.25) is 0 Å². The van der Waals surface area contributed by atoms with E-state index in [1.807, 2.05) is 0 Å². The van der Waals surface area contributed by atoms with Gasteiger partial charge in [0.25, 0.3) is 0 Å². The minimum absolute atomic E-state index is 0.605. The largest absolute Gasteiger partial charge is 0.383 e. The Morgan fingerprint density at radius 1 is 1.29 bits per heavy atom. The molecule has 17 heavy (non-hydrogen) atoms. The van der Waals surface area contributed by atoms with Gasteiger partial charge >= 0.3 is 0 Å². The number of hydrogen-bond acceptors (Lipinski definition) is 3. The van der Waals surface area contributed by atoms with Crippen molar-refractivity contribution in [1.29, 1.82) is 0 Å². The quantitative estimate of drug-likeness (QED) is 0.672. The fourth-order valence-electron chi connectivity index (χ4n) is 2.41. The summed E-state index contributed by atoms with van der Waals surface area (Å²) < 4.78 is 5.23. The van der Waals surface area contributed by atoms with E-state index in [1.165, 1.54) is 12.8 Å². The minimum atomic E-state index is 0.605. The van der Waals surface area contributed by atoms with E-state index in [9.17, 15) is 0 Å². The summed E-state index contributed by atoms with van der Waals surface area (Å²) in [6.45, 7) is 10.7. The number of hydrogen-bond donors (Lipinski definition) is 1. The average Bonchev–Trinajstić information content (AvgIpc) is 3.12. The lowest BCUT2D eigenvalue weighted by Crippen LogP contribution is -2.43. The SMILES string of the molecule is COCCN(CC(CN)C(C)C)C(C)C1CC1. The van der Waals surface area contributed by atoms with Gasteiger partial charge in [0, 0.05) is 26.2 Å². The third-order valence-corrected chi connectivity index (χ3v) is 4.18. The normalized spacial score (nSPS) is 19.9. The number of methoxy groups -OCH3 is 1. The Bertz CT molecular complexity index is 204. The lowest BCUT2D eigenvalue weighted by atomic mass is 9.94. The third-order valence-electron chi connectivity index (χ3n) is 4.18. The lowest BCUT2D eigenvalue weighted by molar-refractivity contribution is 0.0962. The van der Waals surface area contributed by atoms with Crippen molar-refractivity contribution >= 4 is 0 Å². The van der Waals surface area contributed by atoms with Gasteiger partial charge in [-0.15, -0.1) is 0 Å². The van der Waals surface area contributed by atoms with Crippen LogP contribution in [-0.2, 0) is 4.74 Å². The molecule has 1 aliphatic rings. The number of ether oxygens (including phenoxy) is 1. The van der Waals surface area contributed by atoms with Crippen LogP contribution in [0.5, 0.6) is 0 Å². The number of nitrogens with zero attached hydrogens (tertiary/aromatic N) is 1. The first-order valence-corrected chi connectivity index (χ1v) is 7.03. The second-order valence-corrected chi connectivity index (χ2v) is 5.81. The van der Waals surface area contributed by atoms with E-state index in [0.29, 0.717) is 17.9 Å². The van der Waals surface area contributed by atoms with Crippen molar-refractivity contribution in [2.24, 2.45) is 23.5 Å². The highest BCUT2D eigenvalue weighted by Gasteiger charge is 2.32. The molecule has 0 aromatic carbocycles. The highest BCUT2D eigenvalue weighted by Crippen LogP contribution is 2.35. The predicted octanol–water partition coefficient (Wildman–Crippen LogP) is 1.96. The molecule has 0 aromatic rings. The van der Waals surface area contributed by atoms with Crippen LogP contribution in [0, 0.1) is 17.8 Å². The first-order valence-electron chi connectivity index (χ1n) is 7.03. The van der Waals surface area contributed by atoms with Crippen LogP contribution in [-0.4, -0.2) is 44.3 Å². The van der Waals surface area contributed by atoms with E-state index >= 15 is 0 Å². The summed E-state index contributed by atoms with van der Waals surface area (Å²) >= 11 is 0. The van der Waals surface area contributed by atoms with E-state index in [1.54, 1.807) is 7.11 Å². The first kappa shape index (κ1) is 14.9. The van der Waals surface area contributed by atoms with Gasteiger partial charge in [-0.05, 0) is 44.1 Å². The summed E-state index contributed by atoms with van der Waals surface area (Å²) in [6.07, 6.45) is 2.80. The molecule has 1 saturated carbocycles. The molecule has 0 spiro atoms. The molecule has 3 nitrogen and oxygen atoms in total. The Hall–Kier alpha value is -0.120. The van der Waals surface area contributed by atoms with Gasteiger partial charge < -0.3 is 10.5 Å². The molecule has 0 radical (unpaired) electrons. The molecule has 0 aliphatic heterocycles. The van der Waals surface area contributed by atoms with Crippen LogP contribution >= 0.6 is 0 Å². The van der Waals surface area contributed by atoms with Crippen molar-refractivity contribution in [3.63, 3.8) is 0 Å². The summed E-state index contributed by atoms with van der Waals surface area (Å²) in [5, 5.41) is 0. The van der Waals surface area contributed by atoms with Crippen molar-refractivity contribution in [3.8, 4) is 0 Å². The zero-order valence-corrected chi connectivity index (χ0v) is 12.0. The summed E-state index contributed by atoms with van der Waals surface area (Å²) in [5.41, 5.74) is 5.88. The standard InChI is InChI=1S/C14H30N2O/c1-11(2)14(9-15)10-16(7-8-17-4)12(3)13-5-6-13/h11-14H,5-10,15H2,1-4H3. The van der Waals surface area contributed by atoms with Crippen LogP contribution in [0.4, 0.5) is 0 Å². The number of rotatable bonds is 9. The Kier molecular flexibility index (Phi) is 6.45. The molecule has 102 valence electrons. The highest BCUT2D eigenvalue weighted by atomic mass is 16.5. The Balaban J connectivity index is 2.48. The van der Waals surface area contributed by atoms with E-state index in [-0.39, 0.29) is 0 Å². The molecular formula is C14H30N2O. The van der Waals surface area contributed by atoms with Gasteiger partial charge in [-0.25, -0.2) is 0 Å². The second kappa shape index (κ2) is 7.34. The Morgan fingerprint density at radius 3 is 2.35 bits per heavy atom. The zero-order valence-electron chi connectivity index (χ0n) is 12.0. The van der Waals surface area contributed by atoms with Gasteiger partial charge in [0.05, 0.1) is 6.61 Å². The van der Waals surface area contributed by atoms with Crippen LogP contribution < -0.4 is 5.73 Å². The smallest absolute Gasteiger partial charge is 0.0589 e. The minimum Gasteiger partial charge on any atom is -0.383 e. The maximum absolute atomic E-state index is 5.88. The zero-order chi connectivity index (χ0) is 12.8. The average molecular weight is 242 g/mol. The summed E-state index contributed by atoms with van der Waals surface area (Å²) in [5.74, 6) is 2.18. The number of nitrogens with two attached hydrogens (primary N) is 1. The summed E-state index contributed by atoms with van der Waals surface area (Å²) in [4.78, 5) is 2.58. The van der Waals surface area contributed by atoms with Gasteiger partial charge in [-0.3, -0.25) is 4.90 Å². The summed E-state index contributed by atoms with van der Waals surface area (Å²) in [6, 6.07) is 0.693. The molecule has 1 rings (SSSR count). The van der Waals surface area contributed by atoms with Crippen molar-refractivity contribution in [3.05, 3.63) is 0 Å². The molecular weight excluding hydrogens is 212 g/mol. The monoisotopic (exact) mass is 242 g/mol. The van der Waals surface area contributed by atoms with Gasteiger partial charge in [0.15, 0.2) is 0 Å². The van der Waals surface area contributed by atoms with Gasteiger partial charge in [-0.2, -0.15) is 0 Å². The molecule has 0 heterocycles. The van der Waals surface area contributed by atoms with Gasteiger partial charge in [-0.1, -0.05) is 13.8 Å². The van der Waals surface area contributed by atoms with E-state index < -0.39 is 0 Å². The molecule has 0 bridgehead atoms. The molecule has 0 amide bonds.